The van der Waals surface area contributed by atoms with Gasteiger partial charge in [0.15, 0.2) is 0 Å². The lowest BCUT2D eigenvalue weighted by Gasteiger charge is -2.29. The predicted molar refractivity (Wildman–Crippen MR) is 124 cm³/mol. The summed E-state index contributed by atoms with van der Waals surface area (Å²) in [5.74, 6) is 0.593. The van der Waals surface area contributed by atoms with Crippen LogP contribution in [0.2, 0.25) is 5.02 Å². The third-order valence-electron chi connectivity index (χ3n) is 4.92. The molecule has 1 N–H and O–H groups in total. The predicted octanol–water partition coefficient (Wildman–Crippen LogP) is 3.82. The van der Waals surface area contributed by atoms with Gasteiger partial charge in [0.25, 0.3) is 0 Å². The first-order valence-electron chi connectivity index (χ1n) is 10.4. The minimum absolute atomic E-state index is 0.280. The average Bonchev–Trinajstić information content (AvgIpc) is 2.84. The lowest BCUT2D eigenvalue weighted by atomic mass is 10.1. The summed E-state index contributed by atoms with van der Waals surface area (Å²) in [5.41, 5.74) is 2.81. The van der Waals surface area contributed by atoms with Gasteiger partial charge in [0.1, 0.15) is 5.82 Å². The van der Waals surface area contributed by atoms with Gasteiger partial charge in [-0.1, -0.05) is 11.6 Å². The van der Waals surface area contributed by atoms with Crippen molar-refractivity contribution >= 4 is 35.0 Å². The quantitative estimate of drug-likeness (QED) is 0.543. The number of halogens is 1. The molecule has 0 amide bonds. The summed E-state index contributed by atoms with van der Waals surface area (Å²) in [6.07, 6.45) is 4.81. The number of hydrogen-bond donors (Lipinski definition) is 1. The third kappa shape index (κ3) is 5.37. The number of ether oxygens (including phenoxy) is 2. The third-order valence-corrected chi connectivity index (χ3v) is 5.14. The molecule has 10 heteroatoms. The van der Waals surface area contributed by atoms with Crippen molar-refractivity contribution in [3.63, 3.8) is 0 Å². The number of carbonyl (C=O) groups is 1. The van der Waals surface area contributed by atoms with Crippen LogP contribution in [-0.2, 0) is 9.47 Å². The Morgan fingerprint density at radius 2 is 2.06 bits per heavy atom. The number of nitriles is 1. The standard InChI is InChI=1S/C23H21ClN6O3/c1-2-33-22(31)17-9-16(12-26-13-17)20-14-27-23(29-21(20)30-3-5-32-6-4-30)28-19-8-15(11-25)7-18(24)10-19/h7-10,12-14H,2-6H2,1H3,(H,27,28,29). The maximum Gasteiger partial charge on any atom is 0.339 e. The highest BCUT2D eigenvalue weighted by atomic mass is 35.5. The van der Waals surface area contributed by atoms with E-state index >= 15 is 0 Å². The van der Waals surface area contributed by atoms with Crippen molar-refractivity contribution < 1.29 is 14.3 Å². The van der Waals surface area contributed by atoms with Crippen molar-refractivity contribution in [3.8, 4) is 17.2 Å². The second-order valence-corrected chi connectivity index (χ2v) is 7.61. The van der Waals surface area contributed by atoms with Gasteiger partial charge < -0.3 is 19.7 Å². The Kier molecular flexibility index (Phi) is 6.98. The summed E-state index contributed by atoms with van der Waals surface area (Å²) < 4.78 is 10.6. The van der Waals surface area contributed by atoms with Crippen molar-refractivity contribution in [3.05, 3.63) is 59.0 Å². The number of esters is 1. The number of anilines is 3. The molecule has 3 aromatic rings. The number of rotatable bonds is 6. The molecule has 168 valence electrons. The Hall–Kier alpha value is -3.74. The molecule has 0 radical (unpaired) electrons. The van der Waals surface area contributed by atoms with Gasteiger partial charge in [0.05, 0.1) is 37.0 Å². The van der Waals surface area contributed by atoms with Gasteiger partial charge in [0, 0.05) is 53.5 Å². The number of morpholine rings is 1. The maximum absolute atomic E-state index is 12.2. The summed E-state index contributed by atoms with van der Waals surface area (Å²) in [4.78, 5) is 27.7. The van der Waals surface area contributed by atoms with Gasteiger partial charge in [-0.3, -0.25) is 4.98 Å². The van der Waals surface area contributed by atoms with Crippen LogP contribution < -0.4 is 10.2 Å². The molecule has 1 aliphatic heterocycles. The molecule has 0 aliphatic carbocycles. The second kappa shape index (κ2) is 10.3. The molecule has 1 saturated heterocycles. The molecule has 2 aromatic heterocycles. The first-order chi connectivity index (χ1) is 16.1. The monoisotopic (exact) mass is 464 g/mol. The molecule has 9 nitrogen and oxygen atoms in total. The Labute approximate surface area is 196 Å². The number of benzene rings is 1. The highest BCUT2D eigenvalue weighted by molar-refractivity contribution is 6.31. The molecular weight excluding hydrogens is 444 g/mol. The molecule has 1 fully saturated rings. The van der Waals surface area contributed by atoms with Crippen LogP contribution in [0.25, 0.3) is 11.1 Å². The van der Waals surface area contributed by atoms with Crippen LogP contribution in [0.15, 0.2) is 42.9 Å². The van der Waals surface area contributed by atoms with E-state index in [2.05, 4.69) is 26.3 Å². The normalized spacial score (nSPS) is 13.3. The molecule has 4 rings (SSSR count). The van der Waals surface area contributed by atoms with Crippen molar-refractivity contribution in [2.45, 2.75) is 6.92 Å². The van der Waals surface area contributed by atoms with Crippen LogP contribution in [0.5, 0.6) is 0 Å². The van der Waals surface area contributed by atoms with Crippen LogP contribution in [0.3, 0.4) is 0 Å². The minimum Gasteiger partial charge on any atom is -0.462 e. The number of nitrogens with zero attached hydrogens (tertiary/aromatic N) is 5. The molecular formula is C23H21ClN6O3. The zero-order chi connectivity index (χ0) is 23.2. The Bertz CT molecular complexity index is 1210. The topological polar surface area (TPSA) is 113 Å². The molecule has 0 spiro atoms. The largest absolute Gasteiger partial charge is 0.462 e. The van der Waals surface area contributed by atoms with E-state index in [1.54, 1.807) is 43.6 Å². The lowest BCUT2D eigenvalue weighted by Crippen LogP contribution is -2.37. The van der Waals surface area contributed by atoms with E-state index in [0.717, 1.165) is 5.56 Å². The van der Waals surface area contributed by atoms with Crippen LogP contribution in [0, 0.1) is 11.3 Å². The first-order valence-corrected chi connectivity index (χ1v) is 10.7. The van der Waals surface area contributed by atoms with E-state index in [9.17, 15) is 10.1 Å². The van der Waals surface area contributed by atoms with Crippen LogP contribution >= 0.6 is 11.6 Å². The van der Waals surface area contributed by atoms with Crippen LogP contribution in [0.1, 0.15) is 22.8 Å². The van der Waals surface area contributed by atoms with Gasteiger partial charge >= 0.3 is 5.97 Å². The molecule has 3 heterocycles. The number of hydrogen-bond acceptors (Lipinski definition) is 9. The molecule has 1 aromatic carbocycles. The van der Waals surface area contributed by atoms with E-state index in [1.807, 2.05) is 0 Å². The van der Waals surface area contributed by atoms with Crippen molar-refractivity contribution in [1.82, 2.24) is 15.0 Å². The highest BCUT2D eigenvalue weighted by Gasteiger charge is 2.20. The Morgan fingerprint density at radius 3 is 2.82 bits per heavy atom. The van der Waals surface area contributed by atoms with Crippen molar-refractivity contribution in [2.24, 2.45) is 0 Å². The van der Waals surface area contributed by atoms with E-state index in [4.69, 9.17) is 26.1 Å². The summed E-state index contributed by atoms with van der Waals surface area (Å²) in [7, 11) is 0. The fourth-order valence-electron chi connectivity index (χ4n) is 3.42. The zero-order valence-corrected chi connectivity index (χ0v) is 18.7. The number of pyridine rings is 1. The van der Waals surface area contributed by atoms with Gasteiger partial charge in [-0.15, -0.1) is 0 Å². The van der Waals surface area contributed by atoms with Crippen LogP contribution in [-0.4, -0.2) is 53.8 Å². The molecule has 33 heavy (non-hydrogen) atoms. The number of nitrogens with one attached hydrogen (secondary N) is 1. The van der Waals surface area contributed by atoms with E-state index in [-0.39, 0.29) is 6.61 Å². The highest BCUT2D eigenvalue weighted by Crippen LogP contribution is 2.31. The minimum atomic E-state index is -0.437. The fraction of sp³-hybridized carbons (Fsp3) is 0.261. The van der Waals surface area contributed by atoms with Crippen LogP contribution in [0.4, 0.5) is 17.5 Å². The van der Waals surface area contributed by atoms with E-state index in [0.29, 0.717) is 65.5 Å². The SMILES string of the molecule is CCOC(=O)c1cncc(-c2cnc(Nc3cc(Cl)cc(C#N)c3)nc2N2CCOCC2)c1. The van der Waals surface area contributed by atoms with Crippen molar-refractivity contribution in [1.29, 1.82) is 5.26 Å². The summed E-state index contributed by atoms with van der Waals surface area (Å²) in [5, 5.41) is 12.8. The van der Waals surface area contributed by atoms with Gasteiger partial charge in [-0.05, 0) is 31.2 Å². The number of carbonyl (C=O) groups excluding carboxylic acids is 1. The molecule has 0 saturated carbocycles. The summed E-state index contributed by atoms with van der Waals surface area (Å²) in [6, 6.07) is 8.75. The Balaban J connectivity index is 1.72. The molecule has 0 unspecified atom stereocenters. The van der Waals surface area contributed by atoms with E-state index in [1.165, 1.54) is 6.20 Å². The second-order valence-electron chi connectivity index (χ2n) is 7.18. The molecule has 0 atom stereocenters. The van der Waals surface area contributed by atoms with Gasteiger partial charge in [-0.2, -0.15) is 10.2 Å². The molecule has 0 bridgehead atoms. The van der Waals surface area contributed by atoms with Gasteiger partial charge in [-0.25, -0.2) is 9.78 Å². The fourth-order valence-corrected chi connectivity index (χ4v) is 3.66. The van der Waals surface area contributed by atoms with Crippen molar-refractivity contribution in [2.75, 3.05) is 43.1 Å². The lowest BCUT2D eigenvalue weighted by molar-refractivity contribution is 0.0526. The average molecular weight is 465 g/mol. The van der Waals surface area contributed by atoms with Gasteiger partial charge in [0.2, 0.25) is 5.95 Å². The number of aromatic nitrogens is 3. The maximum atomic E-state index is 12.2. The Morgan fingerprint density at radius 1 is 1.24 bits per heavy atom. The summed E-state index contributed by atoms with van der Waals surface area (Å²) >= 11 is 6.12. The summed E-state index contributed by atoms with van der Waals surface area (Å²) in [6.45, 7) is 4.50. The van der Waals surface area contributed by atoms with E-state index < -0.39 is 5.97 Å². The first kappa shape index (κ1) is 22.5. The molecule has 1 aliphatic rings. The zero-order valence-electron chi connectivity index (χ0n) is 17.9. The smallest absolute Gasteiger partial charge is 0.339 e.